The molecule has 1 rings (SSSR count). The highest BCUT2D eigenvalue weighted by Crippen LogP contribution is 2.19. The van der Waals surface area contributed by atoms with Gasteiger partial charge in [0.15, 0.2) is 0 Å². The van der Waals surface area contributed by atoms with E-state index < -0.39 is 0 Å². The third-order valence-electron chi connectivity index (χ3n) is 3.46. The Morgan fingerprint density at radius 1 is 1.29 bits per heavy atom. The second-order valence-electron chi connectivity index (χ2n) is 5.51. The van der Waals surface area contributed by atoms with Crippen molar-refractivity contribution < 1.29 is 4.79 Å². The summed E-state index contributed by atoms with van der Waals surface area (Å²) in [6.45, 7) is 9.64. The third-order valence-corrected chi connectivity index (χ3v) is 3.46. The molecule has 1 amide bonds. The van der Waals surface area contributed by atoms with Crippen molar-refractivity contribution in [1.82, 2.24) is 10.2 Å². The highest BCUT2D eigenvalue weighted by atomic mass is 16.2. The largest absolute Gasteiger partial charge is 0.326 e. The minimum atomic E-state index is 0.0559. The minimum Gasteiger partial charge on any atom is -0.326 e. The number of carbonyl (C=O) groups excluding carboxylic acids is 1. The Kier molecular flexibility index (Phi) is 5.96. The number of rotatable bonds is 7. The molecular formula is C14H28N2O. The number of hydrogen-bond acceptors (Lipinski definition) is 2. The Morgan fingerprint density at radius 2 is 2.00 bits per heavy atom. The van der Waals surface area contributed by atoms with Crippen molar-refractivity contribution >= 4 is 5.91 Å². The van der Waals surface area contributed by atoms with Crippen LogP contribution in [0.3, 0.4) is 0 Å². The van der Waals surface area contributed by atoms with Gasteiger partial charge in [0.25, 0.3) is 0 Å². The van der Waals surface area contributed by atoms with Gasteiger partial charge in [-0.05, 0) is 25.2 Å². The Labute approximate surface area is 106 Å². The van der Waals surface area contributed by atoms with E-state index in [0.29, 0.717) is 11.8 Å². The first kappa shape index (κ1) is 14.5. The maximum absolute atomic E-state index is 12.2. The van der Waals surface area contributed by atoms with Crippen LogP contribution in [0.25, 0.3) is 0 Å². The number of amides is 1. The van der Waals surface area contributed by atoms with Crippen LogP contribution >= 0.6 is 0 Å². The van der Waals surface area contributed by atoms with Gasteiger partial charge in [0.1, 0.15) is 0 Å². The maximum atomic E-state index is 12.2. The van der Waals surface area contributed by atoms with Crippen molar-refractivity contribution in [3.05, 3.63) is 0 Å². The molecule has 1 heterocycles. The van der Waals surface area contributed by atoms with Gasteiger partial charge in [-0.15, -0.1) is 0 Å². The predicted molar refractivity (Wildman–Crippen MR) is 71.7 cm³/mol. The lowest BCUT2D eigenvalue weighted by Gasteiger charge is -2.25. The maximum Gasteiger partial charge on any atom is 0.241 e. The standard InChI is InChI=1S/C14H28N2O/c1-5-7-8-9-16-13(10-11(3)4)15-12(6-2)14(16)17/h11-13,15H,5-10H2,1-4H3. The molecule has 0 aliphatic carbocycles. The highest BCUT2D eigenvalue weighted by molar-refractivity contribution is 5.84. The summed E-state index contributed by atoms with van der Waals surface area (Å²) in [7, 11) is 0. The van der Waals surface area contributed by atoms with Crippen LogP contribution in [-0.4, -0.2) is 29.6 Å². The van der Waals surface area contributed by atoms with Gasteiger partial charge in [-0.3, -0.25) is 10.1 Å². The smallest absolute Gasteiger partial charge is 0.241 e. The van der Waals surface area contributed by atoms with Gasteiger partial charge in [0, 0.05) is 6.54 Å². The lowest BCUT2D eigenvalue weighted by atomic mass is 10.1. The summed E-state index contributed by atoms with van der Waals surface area (Å²) < 4.78 is 0. The van der Waals surface area contributed by atoms with Gasteiger partial charge < -0.3 is 4.90 Å². The zero-order valence-corrected chi connectivity index (χ0v) is 11.8. The van der Waals surface area contributed by atoms with Crippen LogP contribution in [0.15, 0.2) is 0 Å². The number of carbonyl (C=O) groups is 1. The lowest BCUT2D eigenvalue weighted by Crippen LogP contribution is -2.39. The summed E-state index contributed by atoms with van der Waals surface area (Å²) in [4.78, 5) is 14.3. The van der Waals surface area contributed by atoms with Crippen LogP contribution in [0.4, 0.5) is 0 Å². The molecule has 2 atom stereocenters. The van der Waals surface area contributed by atoms with E-state index in [0.717, 1.165) is 25.8 Å². The Balaban J connectivity index is 2.56. The molecule has 0 bridgehead atoms. The second-order valence-corrected chi connectivity index (χ2v) is 5.51. The zero-order chi connectivity index (χ0) is 12.8. The van der Waals surface area contributed by atoms with E-state index in [1.165, 1.54) is 12.8 Å². The molecule has 1 aliphatic heterocycles. The summed E-state index contributed by atoms with van der Waals surface area (Å²) in [5.74, 6) is 0.943. The van der Waals surface area contributed by atoms with Crippen molar-refractivity contribution in [2.24, 2.45) is 5.92 Å². The van der Waals surface area contributed by atoms with Crippen LogP contribution < -0.4 is 5.32 Å². The van der Waals surface area contributed by atoms with Gasteiger partial charge >= 0.3 is 0 Å². The summed E-state index contributed by atoms with van der Waals surface area (Å²) in [6.07, 6.45) is 5.79. The monoisotopic (exact) mass is 240 g/mol. The van der Waals surface area contributed by atoms with E-state index in [2.05, 4.69) is 37.9 Å². The molecule has 3 heteroatoms. The van der Waals surface area contributed by atoms with E-state index in [1.807, 2.05) is 0 Å². The van der Waals surface area contributed by atoms with Gasteiger partial charge in [-0.2, -0.15) is 0 Å². The van der Waals surface area contributed by atoms with E-state index in [9.17, 15) is 4.79 Å². The fraction of sp³-hybridized carbons (Fsp3) is 0.929. The average Bonchev–Trinajstić information content (AvgIpc) is 2.56. The molecule has 1 saturated heterocycles. The fourth-order valence-corrected chi connectivity index (χ4v) is 2.48. The number of nitrogens with one attached hydrogen (secondary N) is 1. The van der Waals surface area contributed by atoms with E-state index in [1.54, 1.807) is 0 Å². The molecule has 0 aromatic rings. The Morgan fingerprint density at radius 3 is 2.53 bits per heavy atom. The fourth-order valence-electron chi connectivity index (χ4n) is 2.48. The van der Waals surface area contributed by atoms with Crippen molar-refractivity contribution in [2.45, 2.75) is 72.0 Å². The second kappa shape index (κ2) is 7.00. The van der Waals surface area contributed by atoms with Crippen LogP contribution in [0, 0.1) is 5.92 Å². The SMILES string of the molecule is CCCCCN1C(=O)C(CC)NC1CC(C)C. The summed E-state index contributed by atoms with van der Waals surface area (Å²) in [6, 6.07) is 0.0559. The molecule has 1 aliphatic rings. The van der Waals surface area contributed by atoms with Gasteiger partial charge in [-0.1, -0.05) is 40.5 Å². The summed E-state index contributed by atoms with van der Waals surface area (Å²) in [5.41, 5.74) is 0. The van der Waals surface area contributed by atoms with E-state index in [-0.39, 0.29) is 12.2 Å². The first-order valence-corrected chi connectivity index (χ1v) is 7.16. The molecule has 17 heavy (non-hydrogen) atoms. The molecule has 3 nitrogen and oxygen atoms in total. The van der Waals surface area contributed by atoms with Crippen LogP contribution in [0.5, 0.6) is 0 Å². The zero-order valence-electron chi connectivity index (χ0n) is 11.8. The van der Waals surface area contributed by atoms with Crippen LogP contribution in [0.1, 0.15) is 59.8 Å². The van der Waals surface area contributed by atoms with Crippen molar-refractivity contribution in [3.8, 4) is 0 Å². The van der Waals surface area contributed by atoms with Crippen molar-refractivity contribution in [1.29, 1.82) is 0 Å². The first-order chi connectivity index (χ1) is 8.10. The van der Waals surface area contributed by atoms with Crippen molar-refractivity contribution in [3.63, 3.8) is 0 Å². The van der Waals surface area contributed by atoms with Gasteiger partial charge in [0.2, 0.25) is 5.91 Å². The molecule has 0 radical (unpaired) electrons. The molecule has 0 aromatic carbocycles. The number of hydrogen-bond donors (Lipinski definition) is 1. The molecule has 100 valence electrons. The predicted octanol–water partition coefficient (Wildman–Crippen LogP) is 2.76. The van der Waals surface area contributed by atoms with Crippen LogP contribution in [-0.2, 0) is 4.79 Å². The van der Waals surface area contributed by atoms with Crippen molar-refractivity contribution in [2.75, 3.05) is 6.54 Å². The molecule has 1 fully saturated rings. The topological polar surface area (TPSA) is 32.3 Å². The molecule has 0 aromatic heterocycles. The minimum absolute atomic E-state index is 0.0559. The van der Waals surface area contributed by atoms with Gasteiger partial charge in [-0.25, -0.2) is 0 Å². The normalized spacial score (nSPS) is 25.0. The molecule has 2 unspecified atom stereocenters. The molecule has 1 N–H and O–H groups in total. The lowest BCUT2D eigenvalue weighted by molar-refractivity contribution is -0.130. The quantitative estimate of drug-likeness (QED) is 0.694. The van der Waals surface area contributed by atoms with E-state index in [4.69, 9.17) is 0 Å². The first-order valence-electron chi connectivity index (χ1n) is 7.16. The Hall–Kier alpha value is -0.570. The third kappa shape index (κ3) is 3.98. The number of nitrogens with zero attached hydrogens (tertiary/aromatic N) is 1. The van der Waals surface area contributed by atoms with Gasteiger partial charge in [0.05, 0.1) is 12.2 Å². The summed E-state index contributed by atoms with van der Waals surface area (Å²) in [5, 5.41) is 3.48. The highest BCUT2D eigenvalue weighted by Gasteiger charge is 2.37. The molecular weight excluding hydrogens is 212 g/mol. The summed E-state index contributed by atoms with van der Waals surface area (Å²) >= 11 is 0. The molecule has 0 spiro atoms. The Bertz CT molecular complexity index is 240. The number of unbranched alkanes of at least 4 members (excludes halogenated alkanes) is 2. The van der Waals surface area contributed by atoms with Crippen LogP contribution in [0.2, 0.25) is 0 Å². The van der Waals surface area contributed by atoms with E-state index >= 15 is 0 Å². The average molecular weight is 240 g/mol. The molecule has 0 saturated carbocycles.